The molecule has 4 heterocycles. The molecule has 8 nitrogen and oxygen atoms in total. The fourth-order valence-electron chi connectivity index (χ4n) is 3.75. The quantitative estimate of drug-likeness (QED) is 0.508. The van der Waals surface area contributed by atoms with Crippen LogP contribution in [0, 0.1) is 6.92 Å². The summed E-state index contributed by atoms with van der Waals surface area (Å²) in [5, 5.41) is 4.21. The zero-order valence-corrected chi connectivity index (χ0v) is 18.3. The Morgan fingerprint density at radius 1 is 1.10 bits per heavy atom. The van der Waals surface area contributed by atoms with Crippen LogP contribution >= 0.6 is 0 Å². The largest absolute Gasteiger partial charge is 0.480 e. The van der Waals surface area contributed by atoms with Crippen LogP contribution in [0.4, 0.5) is 5.69 Å². The molecule has 0 bridgehead atoms. The molecule has 3 aromatic heterocycles. The van der Waals surface area contributed by atoms with Crippen molar-refractivity contribution < 1.29 is 9.15 Å². The predicted octanol–water partition coefficient (Wildman–Crippen LogP) is 3.26. The SMILES string of the molecule is CC.COc1cn2cc(-c3cc4ccc(N5CCNCC5)cc4oc3=O)nc2c(C)n1. The molecule has 1 N–H and O–H groups in total. The molecule has 1 saturated heterocycles. The number of methoxy groups -OCH3 is 1. The molecule has 31 heavy (non-hydrogen) atoms. The summed E-state index contributed by atoms with van der Waals surface area (Å²) in [5.41, 5.74) is 3.61. The molecule has 0 unspecified atom stereocenters. The van der Waals surface area contributed by atoms with E-state index in [2.05, 4.69) is 26.3 Å². The second kappa shape index (κ2) is 8.77. The van der Waals surface area contributed by atoms with E-state index in [0.29, 0.717) is 28.4 Å². The Bertz CT molecular complexity index is 1270. The summed E-state index contributed by atoms with van der Waals surface area (Å²) in [6.45, 7) is 9.63. The first kappa shape index (κ1) is 20.9. The molecule has 1 aliphatic rings. The van der Waals surface area contributed by atoms with Gasteiger partial charge >= 0.3 is 5.63 Å². The fourth-order valence-corrected chi connectivity index (χ4v) is 3.75. The van der Waals surface area contributed by atoms with E-state index in [-0.39, 0.29) is 0 Å². The molecule has 1 aromatic carbocycles. The Balaban J connectivity index is 0.00000112. The van der Waals surface area contributed by atoms with E-state index in [4.69, 9.17) is 9.15 Å². The van der Waals surface area contributed by atoms with Gasteiger partial charge < -0.3 is 19.4 Å². The molecule has 0 aliphatic carbocycles. The molecular weight excluding hydrogens is 394 g/mol. The number of aromatic nitrogens is 3. The summed E-state index contributed by atoms with van der Waals surface area (Å²) >= 11 is 0. The van der Waals surface area contributed by atoms with Crippen molar-refractivity contribution in [2.75, 3.05) is 38.2 Å². The highest BCUT2D eigenvalue weighted by Gasteiger charge is 2.16. The number of fused-ring (bicyclic) bond motifs is 2. The van der Waals surface area contributed by atoms with Gasteiger partial charge in [-0.3, -0.25) is 4.40 Å². The third-order valence-corrected chi connectivity index (χ3v) is 5.27. The lowest BCUT2D eigenvalue weighted by atomic mass is 10.1. The van der Waals surface area contributed by atoms with Crippen LogP contribution in [0.5, 0.6) is 5.88 Å². The van der Waals surface area contributed by atoms with Gasteiger partial charge in [-0.25, -0.2) is 14.8 Å². The maximum atomic E-state index is 12.7. The van der Waals surface area contributed by atoms with E-state index in [1.54, 1.807) is 19.5 Å². The number of piperazine rings is 1. The maximum Gasteiger partial charge on any atom is 0.345 e. The molecule has 1 aliphatic heterocycles. The van der Waals surface area contributed by atoms with E-state index >= 15 is 0 Å². The van der Waals surface area contributed by atoms with Crippen molar-refractivity contribution in [2.24, 2.45) is 0 Å². The van der Waals surface area contributed by atoms with Crippen LogP contribution in [-0.4, -0.2) is 47.7 Å². The highest BCUT2D eigenvalue weighted by atomic mass is 16.5. The fraction of sp³-hybridized carbons (Fsp3) is 0.348. The van der Waals surface area contributed by atoms with Crippen LogP contribution in [0.3, 0.4) is 0 Å². The Morgan fingerprint density at radius 2 is 1.87 bits per heavy atom. The number of nitrogens with one attached hydrogen (secondary N) is 1. The minimum absolute atomic E-state index is 0.407. The minimum atomic E-state index is -0.407. The third kappa shape index (κ3) is 3.98. The monoisotopic (exact) mass is 421 g/mol. The summed E-state index contributed by atoms with van der Waals surface area (Å²) < 4.78 is 12.7. The average Bonchev–Trinajstić information content (AvgIpc) is 3.24. The van der Waals surface area contributed by atoms with Crippen LogP contribution < -0.4 is 20.6 Å². The van der Waals surface area contributed by atoms with Gasteiger partial charge in [0.1, 0.15) is 5.58 Å². The molecule has 0 atom stereocenters. The number of imidazole rings is 1. The van der Waals surface area contributed by atoms with Crippen molar-refractivity contribution in [1.82, 2.24) is 19.7 Å². The van der Waals surface area contributed by atoms with E-state index < -0.39 is 5.63 Å². The smallest absolute Gasteiger partial charge is 0.345 e. The first-order valence-corrected chi connectivity index (χ1v) is 10.6. The van der Waals surface area contributed by atoms with Crippen LogP contribution in [0.15, 0.2) is 45.9 Å². The van der Waals surface area contributed by atoms with Gasteiger partial charge in [-0.15, -0.1) is 0 Å². The molecular formula is C23H27N5O3. The van der Waals surface area contributed by atoms with E-state index in [0.717, 1.165) is 42.9 Å². The molecule has 1 fully saturated rings. The highest BCUT2D eigenvalue weighted by molar-refractivity contribution is 5.84. The van der Waals surface area contributed by atoms with Crippen molar-refractivity contribution >= 4 is 22.3 Å². The third-order valence-electron chi connectivity index (χ3n) is 5.27. The van der Waals surface area contributed by atoms with E-state index in [1.807, 2.05) is 43.4 Å². The molecule has 0 radical (unpaired) electrons. The summed E-state index contributed by atoms with van der Waals surface area (Å²) in [5.74, 6) is 0.491. The average molecular weight is 422 g/mol. The van der Waals surface area contributed by atoms with Crippen LogP contribution in [-0.2, 0) is 0 Å². The molecule has 0 spiro atoms. The lowest BCUT2D eigenvalue weighted by Gasteiger charge is -2.29. The summed E-state index contributed by atoms with van der Waals surface area (Å²) in [4.78, 5) is 23.9. The molecule has 162 valence electrons. The van der Waals surface area contributed by atoms with Gasteiger partial charge in [0.05, 0.1) is 30.3 Å². The number of benzene rings is 1. The molecule has 0 amide bonds. The van der Waals surface area contributed by atoms with Gasteiger partial charge in [0.2, 0.25) is 5.88 Å². The summed E-state index contributed by atoms with van der Waals surface area (Å²) in [6, 6.07) is 7.84. The first-order valence-electron chi connectivity index (χ1n) is 10.6. The van der Waals surface area contributed by atoms with Crippen LogP contribution in [0.1, 0.15) is 19.5 Å². The highest BCUT2D eigenvalue weighted by Crippen LogP contribution is 2.26. The number of hydrogen-bond donors (Lipinski definition) is 1. The second-order valence-corrected chi connectivity index (χ2v) is 7.13. The minimum Gasteiger partial charge on any atom is -0.480 e. The van der Waals surface area contributed by atoms with Crippen molar-refractivity contribution in [3.8, 4) is 17.1 Å². The second-order valence-electron chi connectivity index (χ2n) is 7.13. The van der Waals surface area contributed by atoms with Crippen molar-refractivity contribution in [1.29, 1.82) is 0 Å². The Morgan fingerprint density at radius 3 is 2.61 bits per heavy atom. The number of aryl methyl sites for hydroxylation is 1. The van der Waals surface area contributed by atoms with E-state index in [1.165, 1.54) is 0 Å². The van der Waals surface area contributed by atoms with Gasteiger partial charge in [0.25, 0.3) is 0 Å². The van der Waals surface area contributed by atoms with Gasteiger partial charge in [-0.2, -0.15) is 0 Å². The standard InChI is InChI=1S/C21H21N5O3.C2H6/c1-13-20-24-17(11-26(20)12-19(23-13)28-2)16-9-14-3-4-15(10-18(14)29-21(16)27)25-7-5-22-6-8-25;1-2/h3-4,9-12,22H,5-8H2,1-2H3;1-2H3. The summed E-state index contributed by atoms with van der Waals surface area (Å²) in [6.07, 6.45) is 3.53. The first-order chi connectivity index (χ1) is 15.1. The molecule has 5 rings (SSSR count). The number of nitrogens with zero attached hydrogens (tertiary/aromatic N) is 4. The van der Waals surface area contributed by atoms with Gasteiger partial charge in [-0.1, -0.05) is 13.8 Å². The zero-order valence-electron chi connectivity index (χ0n) is 18.3. The Labute approximate surface area is 180 Å². The molecule has 0 saturated carbocycles. The van der Waals surface area contributed by atoms with E-state index in [9.17, 15) is 4.79 Å². The van der Waals surface area contributed by atoms with Crippen molar-refractivity contribution in [3.05, 3.63) is 52.8 Å². The maximum absolute atomic E-state index is 12.7. The van der Waals surface area contributed by atoms with Crippen LogP contribution in [0.2, 0.25) is 0 Å². The van der Waals surface area contributed by atoms with Gasteiger partial charge in [0.15, 0.2) is 5.65 Å². The Hall–Kier alpha value is -3.39. The number of ether oxygens (including phenoxy) is 1. The lowest BCUT2D eigenvalue weighted by molar-refractivity contribution is 0.394. The van der Waals surface area contributed by atoms with Crippen molar-refractivity contribution in [2.45, 2.75) is 20.8 Å². The van der Waals surface area contributed by atoms with Gasteiger partial charge in [0, 0.05) is 49.5 Å². The number of anilines is 1. The number of rotatable bonds is 3. The topological polar surface area (TPSA) is 84.9 Å². The zero-order chi connectivity index (χ0) is 22.0. The molecule has 8 heteroatoms. The lowest BCUT2D eigenvalue weighted by Crippen LogP contribution is -2.43. The Kier molecular flexibility index (Phi) is 5.90. The van der Waals surface area contributed by atoms with Crippen LogP contribution in [0.25, 0.3) is 27.9 Å². The van der Waals surface area contributed by atoms with Gasteiger partial charge in [-0.05, 0) is 25.1 Å². The predicted molar refractivity (Wildman–Crippen MR) is 122 cm³/mol. The summed E-state index contributed by atoms with van der Waals surface area (Å²) in [7, 11) is 1.57. The normalized spacial score (nSPS) is 13.9. The number of hydrogen-bond acceptors (Lipinski definition) is 7. The van der Waals surface area contributed by atoms with Crippen molar-refractivity contribution in [3.63, 3.8) is 0 Å². The molecule has 4 aromatic rings.